The molecule has 1 aliphatic heterocycles. The highest BCUT2D eigenvalue weighted by molar-refractivity contribution is 5.96. The third-order valence-electron chi connectivity index (χ3n) is 5.96. The maximum Gasteiger partial charge on any atom is 0.336 e. The number of ether oxygens (including phenoxy) is 2. The van der Waals surface area contributed by atoms with Gasteiger partial charge < -0.3 is 18.8 Å². The Morgan fingerprint density at radius 2 is 1.47 bits per heavy atom. The summed E-state index contributed by atoms with van der Waals surface area (Å²) >= 11 is 0. The fraction of sp³-hybridized carbons (Fsp3) is 0.0690. The molecule has 0 bridgehead atoms. The van der Waals surface area contributed by atoms with Crippen LogP contribution in [0.3, 0.4) is 0 Å². The van der Waals surface area contributed by atoms with E-state index in [0.717, 1.165) is 45.0 Å². The summed E-state index contributed by atoms with van der Waals surface area (Å²) in [6.07, 6.45) is 0. The summed E-state index contributed by atoms with van der Waals surface area (Å²) in [6, 6.07) is 32.9. The van der Waals surface area contributed by atoms with E-state index in [4.69, 9.17) is 13.9 Å². The molecule has 6 rings (SSSR count). The third kappa shape index (κ3) is 3.77. The normalized spacial score (nSPS) is 12.8. The lowest BCUT2D eigenvalue weighted by Crippen LogP contribution is -2.32. The van der Waals surface area contributed by atoms with Gasteiger partial charge in [-0.1, -0.05) is 48.5 Å². The van der Waals surface area contributed by atoms with E-state index >= 15 is 0 Å². The molecule has 166 valence electrons. The second-order valence-electron chi connectivity index (χ2n) is 8.14. The van der Waals surface area contributed by atoms with Gasteiger partial charge in [0, 0.05) is 17.1 Å². The number of rotatable bonds is 4. The van der Waals surface area contributed by atoms with Crippen molar-refractivity contribution < 1.29 is 13.9 Å². The average Bonchev–Trinajstić information content (AvgIpc) is 2.89. The van der Waals surface area contributed by atoms with Gasteiger partial charge in [-0.3, -0.25) is 0 Å². The number of anilines is 1. The highest BCUT2D eigenvalue weighted by Crippen LogP contribution is 2.37. The summed E-state index contributed by atoms with van der Waals surface area (Å²) in [7, 11) is 0. The molecule has 5 heteroatoms. The lowest BCUT2D eigenvalue weighted by atomic mass is 9.99. The van der Waals surface area contributed by atoms with Gasteiger partial charge in [-0.05, 0) is 59.7 Å². The zero-order valence-corrected chi connectivity index (χ0v) is 18.3. The first-order valence-corrected chi connectivity index (χ1v) is 11.1. The molecule has 5 nitrogen and oxygen atoms in total. The topological polar surface area (TPSA) is 51.9 Å². The fourth-order valence-corrected chi connectivity index (χ4v) is 4.30. The molecule has 5 aromatic rings. The van der Waals surface area contributed by atoms with E-state index in [9.17, 15) is 4.79 Å². The number of hydrogen-bond donors (Lipinski definition) is 0. The second kappa shape index (κ2) is 8.45. The SMILES string of the molecule is O=c1cc(-c2ccccc2)c2ccc3c(c2o1)CN(c1ccc(Oc2ccccc2)cc1)CO3. The van der Waals surface area contributed by atoms with Gasteiger partial charge >= 0.3 is 5.63 Å². The van der Waals surface area contributed by atoms with E-state index < -0.39 is 0 Å². The van der Waals surface area contributed by atoms with Crippen LogP contribution in [0.25, 0.3) is 22.1 Å². The minimum absolute atomic E-state index is 0.376. The van der Waals surface area contributed by atoms with Crippen molar-refractivity contribution in [3.05, 3.63) is 119 Å². The number of para-hydroxylation sites is 1. The van der Waals surface area contributed by atoms with Crippen LogP contribution in [0, 0.1) is 0 Å². The predicted molar refractivity (Wildman–Crippen MR) is 133 cm³/mol. The van der Waals surface area contributed by atoms with E-state index in [1.54, 1.807) is 6.07 Å². The largest absolute Gasteiger partial charge is 0.473 e. The molecular weight excluding hydrogens is 426 g/mol. The summed E-state index contributed by atoms with van der Waals surface area (Å²) in [5, 5.41) is 0.890. The van der Waals surface area contributed by atoms with E-state index in [1.807, 2.05) is 97.1 Å². The van der Waals surface area contributed by atoms with E-state index in [1.165, 1.54) is 0 Å². The summed E-state index contributed by atoms with van der Waals surface area (Å²) in [5.74, 6) is 2.29. The van der Waals surface area contributed by atoms with E-state index in [-0.39, 0.29) is 5.63 Å². The third-order valence-corrected chi connectivity index (χ3v) is 5.96. The van der Waals surface area contributed by atoms with Gasteiger partial charge in [0.25, 0.3) is 0 Å². The molecular formula is C29H21NO4. The molecule has 0 N–H and O–H groups in total. The summed E-state index contributed by atoms with van der Waals surface area (Å²) in [4.78, 5) is 14.6. The number of nitrogens with zero attached hydrogens (tertiary/aromatic N) is 1. The Labute approximate surface area is 196 Å². The van der Waals surface area contributed by atoms with Crippen LogP contribution in [0.2, 0.25) is 0 Å². The minimum atomic E-state index is -0.376. The number of benzene rings is 4. The fourth-order valence-electron chi connectivity index (χ4n) is 4.30. The quantitative estimate of drug-likeness (QED) is 0.290. The molecule has 1 aromatic heterocycles. The predicted octanol–water partition coefficient (Wildman–Crippen LogP) is 6.61. The molecule has 34 heavy (non-hydrogen) atoms. The highest BCUT2D eigenvalue weighted by Gasteiger charge is 2.23. The Bertz CT molecular complexity index is 1510. The van der Waals surface area contributed by atoms with Crippen LogP contribution in [0.4, 0.5) is 5.69 Å². The Morgan fingerprint density at radius 3 is 2.24 bits per heavy atom. The van der Waals surface area contributed by atoms with Gasteiger partial charge in [-0.15, -0.1) is 0 Å². The molecule has 0 fully saturated rings. The average molecular weight is 447 g/mol. The van der Waals surface area contributed by atoms with E-state index in [0.29, 0.717) is 18.9 Å². The molecule has 2 heterocycles. The molecule has 1 aliphatic rings. The zero-order chi connectivity index (χ0) is 22.9. The van der Waals surface area contributed by atoms with Crippen molar-refractivity contribution in [3.63, 3.8) is 0 Å². The van der Waals surface area contributed by atoms with Crippen molar-refractivity contribution in [1.29, 1.82) is 0 Å². The van der Waals surface area contributed by atoms with Crippen molar-refractivity contribution >= 4 is 16.7 Å². The van der Waals surface area contributed by atoms with Crippen LogP contribution in [-0.4, -0.2) is 6.73 Å². The molecule has 0 saturated heterocycles. The van der Waals surface area contributed by atoms with Crippen molar-refractivity contribution in [3.8, 4) is 28.4 Å². The van der Waals surface area contributed by atoms with Crippen LogP contribution >= 0.6 is 0 Å². The van der Waals surface area contributed by atoms with Crippen LogP contribution < -0.4 is 20.0 Å². The second-order valence-corrected chi connectivity index (χ2v) is 8.14. The molecule has 0 radical (unpaired) electrons. The number of fused-ring (bicyclic) bond motifs is 3. The molecule has 0 unspecified atom stereocenters. The van der Waals surface area contributed by atoms with Gasteiger partial charge in [-0.2, -0.15) is 0 Å². The standard InChI is InChI=1S/C29H21NO4/c31-28-17-25(20-7-3-1-4-8-20)24-15-16-27-26(29(24)34-28)18-30(19-32-27)21-11-13-23(14-12-21)33-22-9-5-2-6-10-22/h1-17H,18-19H2. The van der Waals surface area contributed by atoms with Crippen LogP contribution in [0.1, 0.15) is 5.56 Å². The molecule has 0 spiro atoms. The van der Waals surface area contributed by atoms with Gasteiger partial charge in [0.15, 0.2) is 6.73 Å². The Balaban J connectivity index is 1.33. The van der Waals surface area contributed by atoms with Gasteiger partial charge in [0.05, 0.1) is 12.1 Å². The lowest BCUT2D eigenvalue weighted by molar-refractivity contribution is 0.289. The first-order valence-electron chi connectivity index (χ1n) is 11.1. The van der Waals surface area contributed by atoms with Crippen molar-refractivity contribution in [2.45, 2.75) is 6.54 Å². The van der Waals surface area contributed by atoms with Gasteiger partial charge in [-0.25, -0.2) is 4.79 Å². The van der Waals surface area contributed by atoms with E-state index in [2.05, 4.69) is 4.90 Å². The highest BCUT2D eigenvalue weighted by atomic mass is 16.5. The van der Waals surface area contributed by atoms with Crippen LogP contribution in [-0.2, 0) is 6.54 Å². The number of hydrogen-bond acceptors (Lipinski definition) is 5. The monoisotopic (exact) mass is 447 g/mol. The van der Waals surface area contributed by atoms with Crippen LogP contribution in [0.5, 0.6) is 17.2 Å². The van der Waals surface area contributed by atoms with Crippen molar-refractivity contribution in [2.24, 2.45) is 0 Å². The summed E-state index contributed by atoms with van der Waals surface area (Å²) in [5.41, 5.74) is 3.88. The first kappa shape index (κ1) is 20.1. The Kier molecular flexibility index (Phi) is 5.00. The molecule has 0 atom stereocenters. The maximum atomic E-state index is 12.5. The summed E-state index contributed by atoms with van der Waals surface area (Å²) in [6.45, 7) is 0.965. The molecule has 0 aliphatic carbocycles. The maximum absolute atomic E-state index is 12.5. The van der Waals surface area contributed by atoms with Gasteiger partial charge in [0.1, 0.15) is 22.8 Å². The molecule has 4 aromatic carbocycles. The molecule has 0 amide bonds. The Hall–Kier alpha value is -4.51. The Morgan fingerprint density at radius 1 is 0.765 bits per heavy atom. The van der Waals surface area contributed by atoms with Crippen molar-refractivity contribution in [2.75, 3.05) is 11.6 Å². The minimum Gasteiger partial charge on any atom is -0.473 e. The van der Waals surface area contributed by atoms with Gasteiger partial charge in [0.2, 0.25) is 0 Å². The smallest absolute Gasteiger partial charge is 0.336 e. The van der Waals surface area contributed by atoms with Crippen LogP contribution in [0.15, 0.2) is 112 Å². The molecule has 0 saturated carbocycles. The lowest BCUT2D eigenvalue weighted by Gasteiger charge is -2.31. The zero-order valence-electron chi connectivity index (χ0n) is 18.3. The van der Waals surface area contributed by atoms with Crippen molar-refractivity contribution in [1.82, 2.24) is 0 Å². The first-order chi connectivity index (χ1) is 16.7. The summed E-state index contributed by atoms with van der Waals surface area (Å²) < 4.78 is 17.7.